The predicted octanol–water partition coefficient (Wildman–Crippen LogP) is 4.52. The van der Waals surface area contributed by atoms with E-state index in [-0.39, 0.29) is 11.5 Å². The van der Waals surface area contributed by atoms with Crippen molar-refractivity contribution in [3.63, 3.8) is 0 Å². The van der Waals surface area contributed by atoms with Crippen molar-refractivity contribution in [2.24, 2.45) is 5.41 Å². The Labute approximate surface area is 148 Å². The number of anilines is 1. The highest BCUT2D eigenvalue weighted by Crippen LogP contribution is 2.31. The van der Waals surface area contributed by atoms with Crippen LogP contribution in [0, 0.1) is 5.41 Å². The van der Waals surface area contributed by atoms with Crippen molar-refractivity contribution >= 4 is 5.95 Å². The minimum Gasteiger partial charge on any atom is -0.347 e. The Balaban J connectivity index is 1.87. The van der Waals surface area contributed by atoms with Crippen molar-refractivity contribution in [2.45, 2.75) is 33.2 Å². The maximum absolute atomic E-state index is 4.66. The monoisotopic (exact) mass is 333 g/mol. The Morgan fingerprint density at radius 1 is 0.960 bits per heavy atom. The van der Waals surface area contributed by atoms with Crippen LogP contribution in [0.4, 0.5) is 5.95 Å². The van der Waals surface area contributed by atoms with E-state index in [9.17, 15) is 0 Å². The van der Waals surface area contributed by atoms with Gasteiger partial charge in [0, 0.05) is 36.5 Å². The molecule has 1 atom stereocenters. The van der Waals surface area contributed by atoms with Crippen molar-refractivity contribution in [2.75, 3.05) is 5.32 Å². The van der Waals surface area contributed by atoms with Crippen molar-refractivity contribution in [1.29, 1.82) is 0 Å². The highest BCUT2D eigenvalue weighted by Gasteiger charge is 2.21. The molecule has 3 heterocycles. The molecule has 0 saturated carbocycles. The van der Waals surface area contributed by atoms with E-state index in [1.807, 2.05) is 30.5 Å². The van der Waals surface area contributed by atoms with Gasteiger partial charge in [-0.15, -0.1) is 0 Å². The molecule has 3 aromatic rings. The first-order chi connectivity index (χ1) is 12.0. The van der Waals surface area contributed by atoms with Crippen LogP contribution in [-0.2, 0) is 0 Å². The van der Waals surface area contributed by atoms with Gasteiger partial charge in [-0.25, -0.2) is 9.97 Å². The Morgan fingerprint density at radius 2 is 1.72 bits per heavy atom. The number of pyridine rings is 2. The molecule has 0 saturated heterocycles. The maximum Gasteiger partial charge on any atom is 0.223 e. The average molecular weight is 333 g/mol. The Hall–Kier alpha value is -2.82. The molecule has 5 heteroatoms. The second-order valence-corrected chi connectivity index (χ2v) is 7.26. The van der Waals surface area contributed by atoms with E-state index in [0.717, 1.165) is 23.2 Å². The minimum absolute atomic E-state index is 0.0952. The fraction of sp³-hybridized carbons (Fsp3) is 0.300. The van der Waals surface area contributed by atoms with Gasteiger partial charge in [-0.05, 0) is 41.7 Å². The molecule has 0 spiro atoms. The smallest absolute Gasteiger partial charge is 0.223 e. The Kier molecular flexibility index (Phi) is 5.03. The van der Waals surface area contributed by atoms with E-state index in [2.05, 4.69) is 52.1 Å². The van der Waals surface area contributed by atoms with Gasteiger partial charge in [0.15, 0.2) is 0 Å². The van der Waals surface area contributed by atoms with E-state index in [4.69, 9.17) is 0 Å². The predicted molar refractivity (Wildman–Crippen MR) is 99.9 cm³/mol. The summed E-state index contributed by atoms with van der Waals surface area (Å²) in [7, 11) is 0. The molecule has 0 aliphatic heterocycles. The lowest BCUT2D eigenvalue weighted by molar-refractivity contribution is 0.351. The molecule has 3 aromatic heterocycles. The second-order valence-electron chi connectivity index (χ2n) is 7.26. The summed E-state index contributed by atoms with van der Waals surface area (Å²) in [5.74, 6) is 0.611. The molecule has 128 valence electrons. The van der Waals surface area contributed by atoms with Crippen molar-refractivity contribution in [1.82, 2.24) is 19.9 Å². The van der Waals surface area contributed by atoms with Gasteiger partial charge in [0.25, 0.3) is 0 Å². The molecule has 1 unspecified atom stereocenters. The number of nitrogens with one attached hydrogen (secondary N) is 1. The van der Waals surface area contributed by atoms with Crippen LogP contribution in [0.25, 0.3) is 11.3 Å². The molecule has 25 heavy (non-hydrogen) atoms. The molecule has 0 aromatic carbocycles. The molecule has 0 aliphatic carbocycles. The van der Waals surface area contributed by atoms with Gasteiger partial charge in [-0.2, -0.15) is 0 Å². The standard InChI is InChI=1S/C20H23N5/c1-20(2,3)12-18(16-7-5-10-22-14-16)25-19-23-11-8-17(24-19)15-6-4-9-21-13-15/h4-11,13-14,18H,12H2,1-3H3,(H,23,24,25). The summed E-state index contributed by atoms with van der Waals surface area (Å²) in [6.45, 7) is 6.68. The molecular weight excluding hydrogens is 310 g/mol. The number of hydrogen-bond donors (Lipinski definition) is 1. The van der Waals surface area contributed by atoms with Crippen LogP contribution in [0.3, 0.4) is 0 Å². The summed E-state index contributed by atoms with van der Waals surface area (Å²) in [6, 6.07) is 9.93. The van der Waals surface area contributed by atoms with Crippen LogP contribution in [0.1, 0.15) is 38.8 Å². The number of rotatable bonds is 5. The first-order valence-corrected chi connectivity index (χ1v) is 8.41. The maximum atomic E-state index is 4.66. The molecule has 0 amide bonds. The fourth-order valence-corrected chi connectivity index (χ4v) is 2.71. The third kappa shape index (κ3) is 4.83. The van der Waals surface area contributed by atoms with Crippen molar-refractivity contribution in [3.05, 3.63) is 66.9 Å². The van der Waals surface area contributed by atoms with E-state index in [0.29, 0.717) is 5.95 Å². The average Bonchev–Trinajstić information content (AvgIpc) is 2.62. The van der Waals surface area contributed by atoms with E-state index in [1.54, 1.807) is 24.8 Å². The second kappa shape index (κ2) is 7.38. The highest BCUT2D eigenvalue weighted by atomic mass is 15.1. The van der Waals surface area contributed by atoms with Crippen LogP contribution in [0.5, 0.6) is 0 Å². The summed E-state index contributed by atoms with van der Waals surface area (Å²) in [5.41, 5.74) is 3.12. The normalized spacial score (nSPS) is 12.6. The third-order valence-electron chi connectivity index (χ3n) is 3.82. The van der Waals surface area contributed by atoms with Gasteiger partial charge in [-0.3, -0.25) is 9.97 Å². The SMILES string of the molecule is CC(C)(C)CC(Nc1nccc(-c2cccnc2)n1)c1cccnc1. The molecule has 1 N–H and O–H groups in total. The van der Waals surface area contributed by atoms with Gasteiger partial charge in [0.05, 0.1) is 11.7 Å². The topological polar surface area (TPSA) is 63.6 Å². The van der Waals surface area contributed by atoms with Gasteiger partial charge in [0.2, 0.25) is 5.95 Å². The number of nitrogens with zero attached hydrogens (tertiary/aromatic N) is 4. The van der Waals surface area contributed by atoms with Gasteiger partial charge in [0.1, 0.15) is 0 Å². The summed E-state index contributed by atoms with van der Waals surface area (Å²) in [6.07, 6.45) is 9.96. The molecule has 5 nitrogen and oxygen atoms in total. The van der Waals surface area contributed by atoms with E-state index in [1.165, 1.54) is 0 Å². The molecule has 0 fully saturated rings. The zero-order chi connectivity index (χ0) is 17.7. The summed E-state index contributed by atoms with van der Waals surface area (Å²) in [4.78, 5) is 17.5. The van der Waals surface area contributed by atoms with E-state index < -0.39 is 0 Å². The lowest BCUT2D eigenvalue weighted by Crippen LogP contribution is -2.20. The van der Waals surface area contributed by atoms with E-state index >= 15 is 0 Å². The first-order valence-electron chi connectivity index (χ1n) is 8.41. The third-order valence-corrected chi connectivity index (χ3v) is 3.82. The zero-order valence-electron chi connectivity index (χ0n) is 14.8. The van der Waals surface area contributed by atoms with Crippen molar-refractivity contribution in [3.8, 4) is 11.3 Å². The first kappa shape index (κ1) is 17.0. The quantitative estimate of drug-likeness (QED) is 0.743. The highest BCUT2D eigenvalue weighted by molar-refractivity contribution is 5.58. The summed E-state index contributed by atoms with van der Waals surface area (Å²) in [5, 5.41) is 3.48. The largest absolute Gasteiger partial charge is 0.347 e. The van der Waals surface area contributed by atoms with Crippen LogP contribution >= 0.6 is 0 Å². The number of aromatic nitrogens is 4. The number of hydrogen-bond acceptors (Lipinski definition) is 5. The van der Waals surface area contributed by atoms with Crippen LogP contribution < -0.4 is 5.32 Å². The summed E-state index contributed by atoms with van der Waals surface area (Å²) < 4.78 is 0. The zero-order valence-corrected chi connectivity index (χ0v) is 14.8. The minimum atomic E-state index is 0.0952. The Morgan fingerprint density at radius 3 is 2.36 bits per heavy atom. The lowest BCUT2D eigenvalue weighted by Gasteiger charge is -2.27. The molecule has 0 radical (unpaired) electrons. The molecule has 0 bridgehead atoms. The summed E-state index contributed by atoms with van der Waals surface area (Å²) >= 11 is 0. The lowest BCUT2D eigenvalue weighted by atomic mass is 9.86. The van der Waals surface area contributed by atoms with Crippen LogP contribution in [0.2, 0.25) is 0 Å². The molecule has 3 rings (SSSR count). The van der Waals surface area contributed by atoms with Gasteiger partial charge < -0.3 is 5.32 Å². The molecular formula is C20H23N5. The van der Waals surface area contributed by atoms with Crippen molar-refractivity contribution < 1.29 is 0 Å². The van der Waals surface area contributed by atoms with Crippen LogP contribution in [0.15, 0.2) is 61.3 Å². The van der Waals surface area contributed by atoms with Crippen LogP contribution in [-0.4, -0.2) is 19.9 Å². The van der Waals surface area contributed by atoms with Gasteiger partial charge >= 0.3 is 0 Å². The van der Waals surface area contributed by atoms with Gasteiger partial charge in [-0.1, -0.05) is 26.8 Å². The Bertz CT molecular complexity index is 797. The molecule has 0 aliphatic rings. The fourth-order valence-electron chi connectivity index (χ4n) is 2.71.